The normalized spacial score (nSPS) is 14.8. The highest BCUT2D eigenvalue weighted by molar-refractivity contribution is 5.92. The molecule has 9 heteroatoms. The van der Waals surface area contributed by atoms with Crippen LogP contribution >= 0.6 is 0 Å². The van der Waals surface area contributed by atoms with Gasteiger partial charge in [-0.2, -0.15) is 4.39 Å². The standard InChI is InChI=1S/C21H23FN6O2/c1-13-9-16-17(26-20(13)29)10-14(11-24-16)12-27-5-7-28(8-6-27)18-4-3-15(21(30)23-2)25-19(18)22/h3-4,9-11H,5-8,12H2,1-2H3,(H,23,30)(H,26,29). The minimum absolute atomic E-state index is 0.0643. The van der Waals surface area contributed by atoms with E-state index in [0.717, 1.165) is 29.7 Å². The van der Waals surface area contributed by atoms with Crippen LogP contribution in [0.25, 0.3) is 11.0 Å². The molecule has 1 amide bonds. The van der Waals surface area contributed by atoms with Gasteiger partial charge in [-0.15, -0.1) is 0 Å². The molecule has 0 atom stereocenters. The third kappa shape index (κ3) is 4.02. The van der Waals surface area contributed by atoms with Gasteiger partial charge in [0.25, 0.3) is 11.5 Å². The van der Waals surface area contributed by atoms with Gasteiger partial charge in [0.05, 0.1) is 16.7 Å². The monoisotopic (exact) mass is 410 g/mol. The van der Waals surface area contributed by atoms with Crippen LogP contribution in [0.1, 0.15) is 21.6 Å². The molecule has 0 aromatic carbocycles. The maximum Gasteiger partial charge on any atom is 0.269 e. The summed E-state index contributed by atoms with van der Waals surface area (Å²) in [5.41, 5.74) is 3.52. The van der Waals surface area contributed by atoms with Crippen molar-refractivity contribution < 1.29 is 9.18 Å². The summed E-state index contributed by atoms with van der Waals surface area (Å²) in [6.07, 6.45) is 1.83. The number of nitrogens with one attached hydrogen (secondary N) is 2. The maximum absolute atomic E-state index is 14.4. The predicted octanol–water partition coefficient (Wildman–Crippen LogP) is 1.45. The SMILES string of the molecule is CNC(=O)c1ccc(N2CCN(Cc3cnc4cc(C)c(=O)[nH]c4c3)CC2)c(F)n1. The van der Waals surface area contributed by atoms with E-state index in [-0.39, 0.29) is 11.3 Å². The highest BCUT2D eigenvalue weighted by Gasteiger charge is 2.21. The molecule has 0 radical (unpaired) electrons. The van der Waals surface area contributed by atoms with Gasteiger partial charge in [-0.1, -0.05) is 0 Å². The lowest BCUT2D eigenvalue weighted by atomic mass is 10.2. The summed E-state index contributed by atoms with van der Waals surface area (Å²) in [4.78, 5) is 38.7. The van der Waals surface area contributed by atoms with Crippen molar-refractivity contribution in [3.05, 3.63) is 63.6 Å². The highest BCUT2D eigenvalue weighted by atomic mass is 19.1. The predicted molar refractivity (Wildman–Crippen MR) is 112 cm³/mol. The fourth-order valence-electron chi connectivity index (χ4n) is 3.63. The Hall–Kier alpha value is -3.33. The van der Waals surface area contributed by atoms with Gasteiger partial charge in [0, 0.05) is 51.5 Å². The topological polar surface area (TPSA) is 94.2 Å². The first-order chi connectivity index (χ1) is 14.4. The Morgan fingerprint density at radius 2 is 2.00 bits per heavy atom. The summed E-state index contributed by atoms with van der Waals surface area (Å²) in [7, 11) is 1.48. The summed E-state index contributed by atoms with van der Waals surface area (Å²) in [6.45, 7) is 5.25. The van der Waals surface area contributed by atoms with E-state index in [2.05, 4.69) is 25.2 Å². The number of nitrogens with zero attached hydrogens (tertiary/aromatic N) is 4. The lowest BCUT2D eigenvalue weighted by molar-refractivity contribution is 0.0957. The number of hydrogen-bond acceptors (Lipinski definition) is 6. The fourth-order valence-corrected chi connectivity index (χ4v) is 3.63. The lowest BCUT2D eigenvalue weighted by Crippen LogP contribution is -2.46. The van der Waals surface area contributed by atoms with Crippen LogP contribution in [-0.4, -0.2) is 59.0 Å². The van der Waals surface area contributed by atoms with Gasteiger partial charge in [0.1, 0.15) is 5.69 Å². The van der Waals surface area contributed by atoms with Gasteiger partial charge >= 0.3 is 0 Å². The van der Waals surface area contributed by atoms with Crippen LogP contribution in [0.2, 0.25) is 0 Å². The second-order valence-corrected chi connectivity index (χ2v) is 7.41. The van der Waals surface area contributed by atoms with Gasteiger partial charge < -0.3 is 15.2 Å². The number of aryl methyl sites for hydroxylation is 1. The van der Waals surface area contributed by atoms with Gasteiger partial charge in [0.2, 0.25) is 5.95 Å². The number of aromatic amines is 1. The molecule has 1 aliphatic heterocycles. The third-order valence-corrected chi connectivity index (χ3v) is 5.34. The molecule has 1 saturated heterocycles. The van der Waals surface area contributed by atoms with Crippen molar-refractivity contribution in [2.45, 2.75) is 13.5 Å². The molecule has 4 heterocycles. The molecule has 0 aliphatic carbocycles. The van der Waals surface area contributed by atoms with E-state index in [0.29, 0.717) is 30.9 Å². The number of rotatable bonds is 4. The number of carbonyl (C=O) groups excluding carboxylic acids is 1. The maximum atomic E-state index is 14.4. The first-order valence-electron chi connectivity index (χ1n) is 9.79. The van der Waals surface area contributed by atoms with Gasteiger partial charge in [-0.3, -0.25) is 19.5 Å². The summed E-state index contributed by atoms with van der Waals surface area (Å²) in [5, 5.41) is 2.44. The van der Waals surface area contributed by atoms with Crippen LogP contribution in [0, 0.1) is 12.9 Å². The number of H-pyrrole nitrogens is 1. The number of piperazine rings is 1. The number of amides is 1. The lowest BCUT2D eigenvalue weighted by Gasteiger charge is -2.36. The minimum atomic E-state index is -0.637. The van der Waals surface area contributed by atoms with Crippen LogP contribution in [-0.2, 0) is 6.54 Å². The second-order valence-electron chi connectivity index (χ2n) is 7.41. The molecule has 2 N–H and O–H groups in total. The molecule has 8 nitrogen and oxygen atoms in total. The molecule has 0 saturated carbocycles. The van der Waals surface area contributed by atoms with Crippen LogP contribution in [0.4, 0.5) is 10.1 Å². The van der Waals surface area contributed by atoms with Crippen LogP contribution < -0.4 is 15.8 Å². The largest absolute Gasteiger partial charge is 0.365 e. The Labute approximate surface area is 172 Å². The van der Waals surface area contributed by atoms with Gasteiger partial charge in [0.15, 0.2) is 0 Å². The van der Waals surface area contributed by atoms with E-state index in [4.69, 9.17) is 0 Å². The molecule has 156 valence electrons. The number of anilines is 1. The Morgan fingerprint density at radius 3 is 2.70 bits per heavy atom. The average Bonchev–Trinajstić information content (AvgIpc) is 2.75. The third-order valence-electron chi connectivity index (χ3n) is 5.34. The smallest absolute Gasteiger partial charge is 0.269 e. The summed E-state index contributed by atoms with van der Waals surface area (Å²) in [6, 6.07) is 6.88. The molecule has 0 spiro atoms. The van der Waals surface area contributed by atoms with E-state index >= 15 is 0 Å². The number of hydrogen-bond donors (Lipinski definition) is 2. The molecular weight excluding hydrogens is 387 g/mol. The quantitative estimate of drug-likeness (QED) is 0.633. The van der Waals surface area contributed by atoms with Crippen molar-refractivity contribution in [1.82, 2.24) is 25.2 Å². The number of fused-ring (bicyclic) bond motifs is 1. The molecular formula is C21H23FN6O2. The van der Waals surface area contributed by atoms with Crippen molar-refractivity contribution in [3.8, 4) is 0 Å². The fraction of sp³-hybridized carbons (Fsp3) is 0.333. The summed E-state index contributed by atoms with van der Waals surface area (Å²) < 4.78 is 14.4. The molecule has 30 heavy (non-hydrogen) atoms. The van der Waals surface area contributed by atoms with E-state index in [1.807, 2.05) is 17.2 Å². The first kappa shape index (κ1) is 20.0. The minimum Gasteiger partial charge on any atom is -0.365 e. The van der Waals surface area contributed by atoms with Crippen molar-refractivity contribution in [2.75, 3.05) is 38.1 Å². The molecule has 0 bridgehead atoms. The van der Waals surface area contributed by atoms with E-state index in [9.17, 15) is 14.0 Å². The van der Waals surface area contributed by atoms with E-state index in [1.165, 1.54) is 13.1 Å². The molecule has 1 fully saturated rings. The zero-order valence-corrected chi connectivity index (χ0v) is 16.9. The Balaban J connectivity index is 1.41. The molecule has 3 aromatic heterocycles. The molecule has 3 aromatic rings. The number of carbonyl (C=O) groups is 1. The Kier molecular flexibility index (Phi) is 5.45. The Bertz CT molecular complexity index is 1150. The number of aromatic nitrogens is 3. The van der Waals surface area contributed by atoms with Gasteiger partial charge in [-0.05, 0) is 36.8 Å². The molecule has 0 unspecified atom stereocenters. The van der Waals surface area contributed by atoms with E-state index < -0.39 is 11.9 Å². The highest BCUT2D eigenvalue weighted by Crippen LogP contribution is 2.21. The molecule has 4 rings (SSSR count). The van der Waals surface area contributed by atoms with E-state index in [1.54, 1.807) is 19.1 Å². The van der Waals surface area contributed by atoms with Crippen LogP contribution in [0.15, 0.2) is 35.3 Å². The second kappa shape index (κ2) is 8.19. The average molecular weight is 410 g/mol. The Morgan fingerprint density at radius 1 is 1.23 bits per heavy atom. The van der Waals surface area contributed by atoms with Crippen molar-refractivity contribution in [3.63, 3.8) is 0 Å². The van der Waals surface area contributed by atoms with Crippen molar-refractivity contribution in [1.29, 1.82) is 0 Å². The summed E-state index contributed by atoms with van der Waals surface area (Å²) in [5.74, 6) is -1.05. The zero-order chi connectivity index (χ0) is 21.3. The van der Waals surface area contributed by atoms with Crippen LogP contribution in [0.3, 0.4) is 0 Å². The molecule has 1 aliphatic rings. The zero-order valence-electron chi connectivity index (χ0n) is 16.9. The number of pyridine rings is 3. The summed E-state index contributed by atoms with van der Waals surface area (Å²) >= 11 is 0. The van der Waals surface area contributed by atoms with Gasteiger partial charge in [-0.25, -0.2) is 4.98 Å². The first-order valence-corrected chi connectivity index (χ1v) is 9.79. The van der Waals surface area contributed by atoms with Crippen molar-refractivity contribution in [2.24, 2.45) is 0 Å². The van der Waals surface area contributed by atoms with Crippen molar-refractivity contribution >= 4 is 22.6 Å². The number of halogens is 1. The van der Waals surface area contributed by atoms with Crippen LogP contribution in [0.5, 0.6) is 0 Å².